The number of fused-ring (bicyclic) bond motifs is 1. The molecule has 0 aliphatic carbocycles. The second-order valence-electron chi connectivity index (χ2n) is 6.52. The van der Waals surface area contributed by atoms with Crippen molar-refractivity contribution in [3.63, 3.8) is 0 Å². The van der Waals surface area contributed by atoms with Crippen molar-refractivity contribution >= 4 is 32.6 Å². The van der Waals surface area contributed by atoms with Crippen LogP contribution >= 0.6 is 11.3 Å². The number of anilines is 1. The van der Waals surface area contributed by atoms with Crippen LogP contribution in [0, 0.1) is 13.8 Å². The zero-order valence-corrected chi connectivity index (χ0v) is 16.6. The highest BCUT2D eigenvalue weighted by Crippen LogP contribution is 2.33. The number of thiazole rings is 1. The van der Waals surface area contributed by atoms with E-state index in [0.29, 0.717) is 16.4 Å². The number of aromatic nitrogens is 2. The highest BCUT2D eigenvalue weighted by atomic mass is 32.1. The number of ether oxygens (including phenoxy) is 1. The first kappa shape index (κ1) is 18.1. The molecule has 6 heteroatoms. The van der Waals surface area contributed by atoms with Gasteiger partial charge in [0.2, 0.25) is 0 Å². The fourth-order valence-electron chi connectivity index (χ4n) is 3.09. The number of carbonyl (C=O) groups is 1. The molecule has 2 heterocycles. The first-order chi connectivity index (χ1) is 13.5. The third kappa shape index (κ3) is 3.46. The molecule has 1 amide bonds. The lowest BCUT2D eigenvalue weighted by molar-refractivity contribution is 0.102. The fourth-order valence-corrected chi connectivity index (χ4v) is 3.93. The fraction of sp³-hybridized carbons (Fsp3) is 0.136. The Labute approximate surface area is 167 Å². The number of hydrogen-bond acceptors (Lipinski definition) is 5. The van der Waals surface area contributed by atoms with Gasteiger partial charge in [-0.15, -0.1) is 0 Å². The van der Waals surface area contributed by atoms with Crippen LogP contribution in [0.1, 0.15) is 21.6 Å². The molecule has 0 spiro atoms. The van der Waals surface area contributed by atoms with Crippen LogP contribution in [0.3, 0.4) is 0 Å². The van der Waals surface area contributed by atoms with Crippen LogP contribution in [0.5, 0.6) is 5.75 Å². The molecule has 0 atom stereocenters. The molecule has 0 radical (unpaired) electrons. The molecule has 0 bridgehead atoms. The summed E-state index contributed by atoms with van der Waals surface area (Å²) in [6.07, 6.45) is 1.60. The molecule has 4 aromatic rings. The summed E-state index contributed by atoms with van der Waals surface area (Å²) >= 11 is 1.45. The topological polar surface area (TPSA) is 64.1 Å². The van der Waals surface area contributed by atoms with E-state index in [4.69, 9.17) is 4.74 Å². The minimum atomic E-state index is -0.246. The van der Waals surface area contributed by atoms with Crippen molar-refractivity contribution in [2.45, 2.75) is 13.8 Å². The summed E-state index contributed by atoms with van der Waals surface area (Å²) < 4.78 is 6.52. The van der Waals surface area contributed by atoms with Crippen LogP contribution in [0.25, 0.3) is 21.3 Å². The third-order valence-electron chi connectivity index (χ3n) is 4.45. The molecule has 2 aromatic heterocycles. The van der Waals surface area contributed by atoms with Gasteiger partial charge >= 0.3 is 0 Å². The zero-order chi connectivity index (χ0) is 19.7. The predicted molar refractivity (Wildman–Crippen MR) is 113 cm³/mol. The summed E-state index contributed by atoms with van der Waals surface area (Å²) in [5.41, 5.74) is 4.95. The Morgan fingerprint density at radius 3 is 2.71 bits per heavy atom. The van der Waals surface area contributed by atoms with Gasteiger partial charge in [-0.25, -0.2) is 4.98 Å². The first-order valence-corrected chi connectivity index (χ1v) is 9.65. The number of benzene rings is 2. The van der Waals surface area contributed by atoms with Gasteiger partial charge in [0.15, 0.2) is 5.13 Å². The van der Waals surface area contributed by atoms with Crippen LogP contribution in [-0.2, 0) is 0 Å². The average molecular weight is 389 g/mol. The Kier molecular flexibility index (Phi) is 4.79. The number of nitrogens with one attached hydrogen (secondary N) is 1. The molecule has 0 fully saturated rings. The Morgan fingerprint density at radius 2 is 1.89 bits per heavy atom. The number of aryl methyl sites for hydroxylation is 2. The number of rotatable bonds is 4. The second-order valence-corrected chi connectivity index (χ2v) is 7.55. The summed E-state index contributed by atoms with van der Waals surface area (Å²) in [5.74, 6) is 0.460. The molecule has 4 rings (SSSR count). The molecular formula is C22H19N3O2S. The second kappa shape index (κ2) is 7.40. The van der Waals surface area contributed by atoms with Crippen LogP contribution in [0.4, 0.5) is 5.13 Å². The molecule has 5 nitrogen and oxygen atoms in total. The van der Waals surface area contributed by atoms with E-state index in [2.05, 4.69) is 15.3 Å². The molecule has 0 aliphatic rings. The minimum Gasteiger partial charge on any atom is -0.496 e. The summed E-state index contributed by atoms with van der Waals surface area (Å²) in [7, 11) is 1.62. The maximum atomic E-state index is 13.0. The summed E-state index contributed by atoms with van der Waals surface area (Å²) in [4.78, 5) is 21.9. The van der Waals surface area contributed by atoms with Crippen molar-refractivity contribution in [1.82, 2.24) is 9.97 Å². The van der Waals surface area contributed by atoms with Crippen molar-refractivity contribution in [1.29, 1.82) is 0 Å². The molecule has 0 saturated carbocycles. The van der Waals surface area contributed by atoms with E-state index in [1.54, 1.807) is 13.3 Å². The lowest BCUT2D eigenvalue weighted by Gasteiger charge is -2.13. The van der Waals surface area contributed by atoms with E-state index in [0.717, 1.165) is 32.6 Å². The van der Waals surface area contributed by atoms with Gasteiger partial charge in [0.05, 0.1) is 22.9 Å². The van der Waals surface area contributed by atoms with Crippen LogP contribution in [0.15, 0.2) is 54.7 Å². The molecule has 0 saturated heterocycles. The number of para-hydroxylation sites is 1. The summed E-state index contributed by atoms with van der Waals surface area (Å²) in [6.45, 7) is 3.92. The van der Waals surface area contributed by atoms with E-state index in [1.165, 1.54) is 11.3 Å². The molecule has 1 N–H and O–H groups in total. The number of amides is 1. The number of hydrogen-bond donors (Lipinski definition) is 1. The van der Waals surface area contributed by atoms with Crippen LogP contribution in [0.2, 0.25) is 0 Å². The predicted octanol–water partition coefficient (Wildman–Crippen LogP) is 5.24. The lowest BCUT2D eigenvalue weighted by atomic mass is 9.99. The standard InChI is InChI=1S/C22H19N3O2S/c1-13-8-9-20-18(10-13)24-22(28-20)25-21(26)17-12-23-14(2)11-16(17)15-6-4-5-7-19(15)27-3/h4-12H,1-3H3,(H,24,25,26). The average Bonchev–Trinajstić information content (AvgIpc) is 3.09. The number of pyridine rings is 1. The molecule has 140 valence electrons. The van der Waals surface area contributed by atoms with Gasteiger partial charge in [0.1, 0.15) is 5.75 Å². The summed E-state index contributed by atoms with van der Waals surface area (Å²) in [6, 6.07) is 15.6. The van der Waals surface area contributed by atoms with E-state index in [-0.39, 0.29) is 5.91 Å². The first-order valence-electron chi connectivity index (χ1n) is 8.84. The highest BCUT2D eigenvalue weighted by Gasteiger charge is 2.18. The van der Waals surface area contributed by atoms with Crippen LogP contribution in [-0.4, -0.2) is 23.0 Å². The van der Waals surface area contributed by atoms with Crippen molar-refractivity contribution in [3.05, 3.63) is 71.5 Å². The van der Waals surface area contributed by atoms with Gasteiger partial charge in [-0.1, -0.05) is 35.6 Å². The third-order valence-corrected chi connectivity index (χ3v) is 5.40. The Hall–Kier alpha value is -3.25. The van der Waals surface area contributed by atoms with Gasteiger partial charge in [-0.3, -0.25) is 15.1 Å². The van der Waals surface area contributed by atoms with Gasteiger partial charge in [-0.05, 0) is 43.7 Å². The normalized spacial score (nSPS) is 10.8. The largest absolute Gasteiger partial charge is 0.496 e. The highest BCUT2D eigenvalue weighted by molar-refractivity contribution is 7.22. The van der Waals surface area contributed by atoms with Crippen LogP contribution < -0.4 is 10.1 Å². The zero-order valence-electron chi connectivity index (χ0n) is 15.8. The molecular weight excluding hydrogens is 370 g/mol. The number of carbonyl (C=O) groups excluding carboxylic acids is 1. The Morgan fingerprint density at radius 1 is 1.07 bits per heavy atom. The van der Waals surface area contributed by atoms with E-state index < -0.39 is 0 Å². The van der Waals surface area contributed by atoms with Gasteiger partial charge < -0.3 is 4.74 Å². The van der Waals surface area contributed by atoms with Gasteiger partial charge in [-0.2, -0.15) is 0 Å². The van der Waals surface area contributed by atoms with E-state index >= 15 is 0 Å². The van der Waals surface area contributed by atoms with Crippen molar-refractivity contribution in [3.8, 4) is 16.9 Å². The lowest BCUT2D eigenvalue weighted by Crippen LogP contribution is -2.14. The molecule has 28 heavy (non-hydrogen) atoms. The molecule has 2 aromatic carbocycles. The van der Waals surface area contributed by atoms with E-state index in [1.807, 2.05) is 62.4 Å². The smallest absolute Gasteiger partial charge is 0.259 e. The van der Waals surface area contributed by atoms with Gasteiger partial charge in [0.25, 0.3) is 5.91 Å². The Bertz CT molecular complexity index is 1180. The van der Waals surface area contributed by atoms with E-state index in [9.17, 15) is 4.79 Å². The number of methoxy groups -OCH3 is 1. The quantitative estimate of drug-likeness (QED) is 0.519. The summed E-state index contributed by atoms with van der Waals surface area (Å²) in [5, 5.41) is 3.49. The van der Waals surface area contributed by atoms with Gasteiger partial charge in [0, 0.05) is 23.0 Å². The Balaban J connectivity index is 1.73. The SMILES string of the molecule is COc1ccccc1-c1cc(C)ncc1C(=O)Nc1nc2cc(C)ccc2s1. The maximum absolute atomic E-state index is 13.0. The molecule has 0 unspecified atom stereocenters. The number of nitrogens with zero attached hydrogens (tertiary/aromatic N) is 2. The molecule has 0 aliphatic heterocycles. The maximum Gasteiger partial charge on any atom is 0.259 e. The van der Waals surface area contributed by atoms with Crippen molar-refractivity contribution < 1.29 is 9.53 Å². The van der Waals surface area contributed by atoms with Crippen molar-refractivity contribution in [2.24, 2.45) is 0 Å². The minimum absolute atomic E-state index is 0.246. The monoisotopic (exact) mass is 389 g/mol. The van der Waals surface area contributed by atoms with Crippen molar-refractivity contribution in [2.75, 3.05) is 12.4 Å².